The second kappa shape index (κ2) is 4.20. The van der Waals surface area contributed by atoms with Gasteiger partial charge in [-0.25, -0.2) is 13.6 Å². The lowest BCUT2D eigenvalue weighted by molar-refractivity contribution is 0.00810. The average molecular weight is 280 g/mol. The van der Waals surface area contributed by atoms with Crippen molar-refractivity contribution in [1.82, 2.24) is 9.55 Å². The van der Waals surface area contributed by atoms with Gasteiger partial charge in [-0.3, -0.25) is 14.3 Å². The Morgan fingerprint density at radius 1 is 1.32 bits per heavy atom. The van der Waals surface area contributed by atoms with Crippen LogP contribution in [0.4, 0.5) is 13.2 Å². The number of aliphatic hydroxyl groups is 2. The first-order chi connectivity index (χ1) is 8.80. The van der Waals surface area contributed by atoms with E-state index in [1.54, 1.807) is 4.98 Å². The normalized spacial score (nSPS) is 23.3. The first kappa shape index (κ1) is 13.8. The molecule has 1 aromatic rings. The zero-order valence-electron chi connectivity index (χ0n) is 9.57. The van der Waals surface area contributed by atoms with Crippen LogP contribution in [0.15, 0.2) is 15.8 Å². The molecule has 6 nitrogen and oxygen atoms in total. The van der Waals surface area contributed by atoms with Crippen molar-refractivity contribution in [2.75, 3.05) is 13.2 Å². The molecule has 9 heteroatoms. The van der Waals surface area contributed by atoms with Crippen molar-refractivity contribution in [2.45, 2.75) is 12.5 Å². The van der Waals surface area contributed by atoms with E-state index >= 15 is 0 Å². The minimum absolute atomic E-state index is 0.523. The third-order valence-corrected chi connectivity index (χ3v) is 3.60. The smallest absolute Gasteiger partial charge is 0.328 e. The molecule has 0 bridgehead atoms. The summed E-state index contributed by atoms with van der Waals surface area (Å²) in [5.41, 5.74) is -4.28. The monoisotopic (exact) mass is 280 g/mol. The molecule has 1 fully saturated rings. The number of H-pyrrole nitrogens is 1. The number of alkyl halides is 2. The average Bonchev–Trinajstić information content (AvgIpc) is 2.82. The summed E-state index contributed by atoms with van der Waals surface area (Å²) >= 11 is 0. The maximum absolute atomic E-state index is 13.5. The molecular formula is C10H11F3N2O4. The fourth-order valence-corrected chi connectivity index (χ4v) is 2.18. The largest absolute Gasteiger partial charge is 0.395 e. The van der Waals surface area contributed by atoms with E-state index in [1.165, 1.54) is 0 Å². The van der Waals surface area contributed by atoms with Crippen LogP contribution in [0.25, 0.3) is 0 Å². The highest BCUT2D eigenvalue weighted by atomic mass is 19.3. The van der Waals surface area contributed by atoms with E-state index < -0.39 is 54.1 Å². The molecule has 0 aromatic carbocycles. The van der Waals surface area contributed by atoms with Crippen molar-refractivity contribution in [3.8, 4) is 0 Å². The van der Waals surface area contributed by atoms with Crippen LogP contribution in [0, 0.1) is 17.2 Å². The predicted molar refractivity (Wildman–Crippen MR) is 56.3 cm³/mol. The van der Waals surface area contributed by atoms with Gasteiger partial charge in [-0.15, -0.1) is 0 Å². The third kappa shape index (κ3) is 1.80. The second-order valence-electron chi connectivity index (χ2n) is 4.54. The quantitative estimate of drug-likeness (QED) is 0.653. The lowest BCUT2D eigenvalue weighted by atomic mass is 10.1. The highest BCUT2D eigenvalue weighted by molar-refractivity contribution is 5.17. The van der Waals surface area contributed by atoms with E-state index in [2.05, 4.69) is 0 Å². The Morgan fingerprint density at radius 2 is 1.89 bits per heavy atom. The zero-order valence-corrected chi connectivity index (χ0v) is 9.57. The van der Waals surface area contributed by atoms with Crippen LogP contribution in [0.2, 0.25) is 0 Å². The van der Waals surface area contributed by atoms with Crippen LogP contribution in [0.3, 0.4) is 0 Å². The molecule has 1 heterocycles. The SMILES string of the molecule is O=c1[nH]c(=O)n(C[C@@H]2C(F)(F)C2(CO)CO)cc1F. The number of nitrogens with zero attached hydrogens (tertiary/aromatic N) is 1. The summed E-state index contributed by atoms with van der Waals surface area (Å²) in [4.78, 5) is 23.8. The summed E-state index contributed by atoms with van der Waals surface area (Å²) < 4.78 is 40.6. The highest BCUT2D eigenvalue weighted by Gasteiger charge is 2.80. The van der Waals surface area contributed by atoms with E-state index in [1.807, 2.05) is 0 Å². The summed E-state index contributed by atoms with van der Waals surface area (Å²) in [6, 6.07) is 0. The maximum Gasteiger partial charge on any atom is 0.328 e. The molecule has 1 saturated carbocycles. The summed E-state index contributed by atoms with van der Waals surface area (Å²) in [5.74, 6) is -6.14. The Morgan fingerprint density at radius 3 is 2.37 bits per heavy atom. The van der Waals surface area contributed by atoms with Crippen LogP contribution in [-0.4, -0.2) is 38.9 Å². The van der Waals surface area contributed by atoms with Crippen molar-refractivity contribution >= 4 is 0 Å². The molecule has 1 aliphatic rings. The molecule has 0 saturated heterocycles. The molecule has 1 atom stereocenters. The number of aromatic amines is 1. The van der Waals surface area contributed by atoms with E-state index in [4.69, 9.17) is 10.2 Å². The van der Waals surface area contributed by atoms with Crippen molar-refractivity contribution in [3.63, 3.8) is 0 Å². The van der Waals surface area contributed by atoms with Gasteiger partial charge in [0.25, 0.3) is 11.5 Å². The maximum atomic E-state index is 13.5. The molecule has 106 valence electrons. The molecule has 0 aliphatic heterocycles. The van der Waals surface area contributed by atoms with E-state index in [0.717, 1.165) is 0 Å². The Balaban J connectivity index is 2.32. The van der Waals surface area contributed by atoms with Gasteiger partial charge in [0.1, 0.15) is 0 Å². The van der Waals surface area contributed by atoms with Crippen LogP contribution < -0.4 is 11.2 Å². The zero-order chi connectivity index (χ0) is 14.4. The predicted octanol–water partition coefficient (Wildman–Crippen LogP) is -1.09. The lowest BCUT2D eigenvalue weighted by Gasteiger charge is -2.09. The molecule has 0 amide bonds. The lowest BCUT2D eigenvalue weighted by Crippen LogP contribution is -2.32. The Labute approximate surface area is 104 Å². The number of halogens is 3. The summed E-state index contributed by atoms with van der Waals surface area (Å²) in [6.07, 6.45) is 0.523. The third-order valence-electron chi connectivity index (χ3n) is 3.60. The second-order valence-corrected chi connectivity index (χ2v) is 4.54. The number of aliphatic hydroxyl groups excluding tert-OH is 2. The van der Waals surface area contributed by atoms with Crippen molar-refractivity contribution in [2.24, 2.45) is 11.3 Å². The summed E-state index contributed by atoms with van der Waals surface area (Å²) in [6.45, 7) is -2.52. The van der Waals surface area contributed by atoms with Crippen molar-refractivity contribution in [1.29, 1.82) is 0 Å². The number of aromatic nitrogens is 2. The van der Waals surface area contributed by atoms with Crippen LogP contribution >= 0.6 is 0 Å². The molecule has 3 N–H and O–H groups in total. The number of hydrogen-bond donors (Lipinski definition) is 3. The molecule has 1 aliphatic carbocycles. The fourth-order valence-electron chi connectivity index (χ4n) is 2.18. The summed E-state index contributed by atoms with van der Waals surface area (Å²) in [5, 5.41) is 17.9. The number of rotatable bonds is 4. The van der Waals surface area contributed by atoms with Gasteiger partial charge in [-0.1, -0.05) is 0 Å². The Bertz CT molecular complexity index is 606. The number of nitrogens with one attached hydrogen (secondary N) is 1. The molecule has 0 spiro atoms. The van der Waals surface area contributed by atoms with Gasteiger partial charge >= 0.3 is 5.69 Å². The van der Waals surface area contributed by atoms with E-state index in [-0.39, 0.29) is 0 Å². The minimum atomic E-state index is -3.36. The number of hydrogen-bond acceptors (Lipinski definition) is 4. The van der Waals surface area contributed by atoms with Crippen LogP contribution in [-0.2, 0) is 6.54 Å². The fraction of sp³-hybridized carbons (Fsp3) is 0.600. The first-order valence-corrected chi connectivity index (χ1v) is 5.39. The summed E-state index contributed by atoms with van der Waals surface area (Å²) in [7, 11) is 0. The van der Waals surface area contributed by atoms with Gasteiger partial charge < -0.3 is 10.2 Å². The minimum Gasteiger partial charge on any atom is -0.395 e. The van der Waals surface area contributed by atoms with Gasteiger partial charge in [0.2, 0.25) is 5.82 Å². The van der Waals surface area contributed by atoms with Crippen LogP contribution in [0.1, 0.15) is 0 Å². The van der Waals surface area contributed by atoms with Crippen molar-refractivity contribution < 1.29 is 23.4 Å². The van der Waals surface area contributed by atoms with Gasteiger partial charge in [0.05, 0.1) is 30.7 Å². The molecule has 1 aromatic heterocycles. The first-order valence-electron chi connectivity index (χ1n) is 5.39. The highest BCUT2D eigenvalue weighted by Crippen LogP contribution is 2.65. The van der Waals surface area contributed by atoms with Gasteiger partial charge in [-0.2, -0.15) is 4.39 Å². The molecular weight excluding hydrogens is 269 g/mol. The van der Waals surface area contributed by atoms with E-state index in [9.17, 15) is 22.8 Å². The topological polar surface area (TPSA) is 95.3 Å². The van der Waals surface area contributed by atoms with Crippen molar-refractivity contribution in [3.05, 3.63) is 32.9 Å². The van der Waals surface area contributed by atoms with Crippen LogP contribution in [0.5, 0.6) is 0 Å². The van der Waals surface area contributed by atoms with E-state index in [0.29, 0.717) is 10.8 Å². The van der Waals surface area contributed by atoms with Gasteiger partial charge in [0, 0.05) is 6.54 Å². The Hall–Kier alpha value is -1.61. The molecule has 0 radical (unpaired) electrons. The molecule has 2 rings (SSSR count). The standard InChI is InChI=1S/C10H11F3N2O4/c11-5-1-15(8(19)14-7(5)18)2-6-9(3-16,4-17)10(6,12)13/h1,6,16-17H,2-4H2,(H,14,18,19)/t6-/m0/s1. The molecule has 0 unspecified atom stereocenters. The Kier molecular flexibility index (Phi) is 3.06. The molecule has 19 heavy (non-hydrogen) atoms. The van der Waals surface area contributed by atoms with Gasteiger partial charge in [0.15, 0.2) is 0 Å². The van der Waals surface area contributed by atoms with Gasteiger partial charge in [-0.05, 0) is 0 Å².